The first kappa shape index (κ1) is 13.9. The summed E-state index contributed by atoms with van der Waals surface area (Å²) >= 11 is 0. The van der Waals surface area contributed by atoms with E-state index in [1.165, 1.54) is 6.21 Å². The van der Waals surface area contributed by atoms with Gasteiger partial charge < -0.3 is 5.32 Å². The molecule has 1 N–H and O–H groups in total. The number of pyridine rings is 1. The van der Waals surface area contributed by atoms with Crippen molar-refractivity contribution in [1.29, 1.82) is 0 Å². The molecule has 6 heteroatoms. The van der Waals surface area contributed by atoms with Gasteiger partial charge in [-0.1, -0.05) is 30.3 Å². The van der Waals surface area contributed by atoms with Crippen LogP contribution < -0.4 is 5.32 Å². The molecule has 110 valence electrons. The van der Waals surface area contributed by atoms with Crippen molar-refractivity contribution in [3.05, 3.63) is 66.0 Å². The lowest BCUT2D eigenvalue weighted by atomic mass is 9.92. The Kier molecular flexibility index (Phi) is 3.42. The Balaban J connectivity index is 1.88. The average molecular weight is 294 g/mol. The van der Waals surface area contributed by atoms with Gasteiger partial charge in [-0.3, -0.25) is 9.78 Å². The summed E-state index contributed by atoms with van der Waals surface area (Å²) in [6.07, 6.45) is 4.68. The van der Waals surface area contributed by atoms with Crippen LogP contribution in [0.4, 0.5) is 4.79 Å². The van der Waals surface area contributed by atoms with Crippen molar-refractivity contribution >= 4 is 18.2 Å². The summed E-state index contributed by atoms with van der Waals surface area (Å²) in [7, 11) is 0. The summed E-state index contributed by atoms with van der Waals surface area (Å²) in [5.41, 5.74) is 0.368. The minimum atomic E-state index is -1.10. The molecule has 0 bridgehead atoms. The first-order valence-corrected chi connectivity index (χ1v) is 6.77. The van der Waals surface area contributed by atoms with E-state index in [-0.39, 0.29) is 0 Å². The number of nitrogens with zero attached hydrogens (tertiary/aromatic N) is 3. The molecule has 3 rings (SSSR count). The maximum atomic E-state index is 12.6. The molecule has 3 amide bonds. The maximum Gasteiger partial charge on any atom is 0.346 e. The van der Waals surface area contributed by atoms with E-state index in [0.29, 0.717) is 0 Å². The zero-order valence-electron chi connectivity index (χ0n) is 11.9. The van der Waals surface area contributed by atoms with Gasteiger partial charge in [-0.15, -0.1) is 5.01 Å². The van der Waals surface area contributed by atoms with E-state index < -0.39 is 17.5 Å². The normalized spacial score (nSPS) is 21.4. The molecule has 1 aromatic carbocycles. The standard InChI is InChI=1S/C16H14N4O2/c1-16(13-5-3-2-4-6-13)14(21)20(15(22)19-16)18-11-12-7-9-17-10-8-12/h2-11H,1H3,(H,19,22)/b18-11-/t16-/m1/s1. The molecule has 2 heterocycles. The number of amides is 3. The molecule has 0 saturated carbocycles. The van der Waals surface area contributed by atoms with Crippen LogP contribution in [0.3, 0.4) is 0 Å². The van der Waals surface area contributed by atoms with Crippen molar-refractivity contribution in [3.8, 4) is 0 Å². The fourth-order valence-electron chi connectivity index (χ4n) is 2.27. The van der Waals surface area contributed by atoms with Crippen LogP contribution in [0.5, 0.6) is 0 Å². The number of aromatic nitrogens is 1. The lowest BCUT2D eigenvalue weighted by Crippen LogP contribution is -2.40. The number of urea groups is 1. The van der Waals surface area contributed by atoms with E-state index in [0.717, 1.165) is 16.1 Å². The van der Waals surface area contributed by atoms with Crippen LogP contribution in [0.2, 0.25) is 0 Å². The van der Waals surface area contributed by atoms with Crippen molar-refractivity contribution in [2.24, 2.45) is 5.10 Å². The lowest BCUT2D eigenvalue weighted by molar-refractivity contribution is -0.131. The topological polar surface area (TPSA) is 74.7 Å². The molecule has 0 unspecified atom stereocenters. The smallest absolute Gasteiger partial charge is 0.318 e. The Morgan fingerprint density at radius 3 is 2.50 bits per heavy atom. The van der Waals surface area contributed by atoms with Crippen LogP contribution in [0.15, 0.2) is 60.0 Å². The second-order valence-electron chi connectivity index (χ2n) is 5.06. The number of carbonyl (C=O) groups is 2. The number of carbonyl (C=O) groups excluding carboxylic acids is 2. The van der Waals surface area contributed by atoms with Crippen LogP contribution >= 0.6 is 0 Å². The highest BCUT2D eigenvalue weighted by atomic mass is 16.2. The number of imide groups is 1. The SMILES string of the molecule is C[C@]1(c2ccccc2)NC(=O)N(/N=C\c2ccncc2)C1=O. The molecule has 1 saturated heterocycles. The van der Waals surface area contributed by atoms with E-state index in [2.05, 4.69) is 15.4 Å². The Morgan fingerprint density at radius 2 is 1.82 bits per heavy atom. The van der Waals surface area contributed by atoms with Crippen molar-refractivity contribution in [3.63, 3.8) is 0 Å². The molecule has 0 aliphatic carbocycles. The molecule has 1 aromatic heterocycles. The van der Waals surface area contributed by atoms with E-state index >= 15 is 0 Å². The third-order valence-electron chi connectivity index (χ3n) is 3.55. The van der Waals surface area contributed by atoms with Crippen LogP contribution in [-0.2, 0) is 10.3 Å². The number of hydrazone groups is 1. The van der Waals surface area contributed by atoms with Gasteiger partial charge in [0.15, 0.2) is 0 Å². The van der Waals surface area contributed by atoms with Gasteiger partial charge in [0.2, 0.25) is 0 Å². The van der Waals surface area contributed by atoms with Gasteiger partial charge in [-0.25, -0.2) is 4.79 Å². The molecule has 0 spiro atoms. The first-order valence-electron chi connectivity index (χ1n) is 6.77. The predicted molar refractivity (Wildman–Crippen MR) is 81.0 cm³/mol. The van der Waals surface area contributed by atoms with Gasteiger partial charge in [0.1, 0.15) is 5.54 Å². The Labute approximate surface area is 127 Å². The van der Waals surface area contributed by atoms with E-state index in [1.54, 1.807) is 43.6 Å². The van der Waals surface area contributed by atoms with Crippen molar-refractivity contribution in [2.75, 3.05) is 0 Å². The monoisotopic (exact) mass is 294 g/mol. The molecule has 1 fully saturated rings. The lowest BCUT2D eigenvalue weighted by Gasteiger charge is -2.20. The summed E-state index contributed by atoms with van der Waals surface area (Å²) in [6.45, 7) is 1.67. The number of hydrogen-bond acceptors (Lipinski definition) is 4. The number of nitrogens with one attached hydrogen (secondary N) is 1. The summed E-state index contributed by atoms with van der Waals surface area (Å²) in [6, 6.07) is 12.0. The molecule has 2 aromatic rings. The summed E-state index contributed by atoms with van der Waals surface area (Å²) < 4.78 is 0. The molecule has 0 radical (unpaired) electrons. The van der Waals surface area contributed by atoms with E-state index in [1.807, 2.05) is 18.2 Å². The minimum Gasteiger partial charge on any atom is -0.318 e. The van der Waals surface area contributed by atoms with Gasteiger partial charge in [-0.05, 0) is 30.2 Å². The fraction of sp³-hybridized carbons (Fsp3) is 0.125. The summed E-state index contributed by atoms with van der Waals surface area (Å²) in [5.74, 6) is -0.408. The number of hydrogen-bond donors (Lipinski definition) is 1. The maximum absolute atomic E-state index is 12.6. The summed E-state index contributed by atoms with van der Waals surface area (Å²) in [4.78, 5) is 28.5. The van der Waals surface area contributed by atoms with E-state index in [9.17, 15) is 9.59 Å². The van der Waals surface area contributed by atoms with Gasteiger partial charge in [0.05, 0.1) is 6.21 Å². The molecule has 22 heavy (non-hydrogen) atoms. The average Bonchev–Trinajstić information content (AvgIpc) is 2.78. The largest absolute Gasteiger partial charge is 0.346 e. The molecular weight excluding hydrogens is 280 g/mol. The Hall–Kier alpha value is -3.02. The second-order valence-corrected chi connectivity index (χ2v) is 5.06. The molecule has 1 aliphatic heterocycles. The van der Waals surface area contributed by atoms with Crippen molar-refractivity contribution in [2.45, 2.75) is 12.5 Å². The fourth-order valence-corrected chi connectivity index (χ4v) is 2.27. The third-order valence-corrected chi connectivity index (χ3v) is 3.55. The van der Waals surface area contributed by atoms with Crippen LogP contribution in [-0.4, -0.2) is 28.1 Å². The van der Waals surface area contributed by atoms with Gasteiger partial charge in [0.25, 0.3) is 5.91 Å². The minimum absolute atomic E-state index is 0.408. The Morgan fingerprint density at radius 1 is 1.14 bits per heavy atom. The molecule has 6 nitrogen and oxygen atoms in total. The predicted octanol–water partition coefficient (Wildman–Crippen LogP) is 1.88. The Bertz CT molecular complexity index is 730. The third kappa shape index (κ3) is 2.35. The number of benzene rings is 1. The van der Waals surface area contributed by atoms with E-state index in [4.69, 9.17) is 0 Å². The highest BCUT2D eigenvalue weighted by Gasteiger charge is 2.49. The molecule has 1 aliphatic rings. The zero-order chi connectivity index (χ0) is 15.6. The highest BCUT2D eigenvalue weighted by molar-refractivity contribution is 6.07. The highest BCUT2D eigenvalue weighted by Crippen LogP contribution is 2.28. The van der Waals surface area contributed by atoms with Crippen LogP contribution in [0.1, 0.15) is 18.1 Å². The van der Waals surface area contributed by atoms with Gasteiger partial charge in [0, 0.05) is 12.4 Å². The zero-order valence-corrected chi connectivity index (χ0v) is 11.9. The first-order chi connectivity index (χ1) is 10.6. The van der Waals surface area contributed by atoms with Gasteiger partial charge >= 0.3 is 6.03 Å². The van der Waals surface area contributed by atoms with Crippen molar-refractivity contribution < 1.29 is 9.59 Å². The van der Waals surface area contributed by atoms with Crippen molar-refractivity contribution in [1.82, 2.24) is 15.3 Å². The quantitative estimate of drug-likeness (QED) is 0.694. The summed E-state index contributed by atoms with van der Waals surface area (Å²) in [5, 5.41) is 7.54. The molecule has 1 atom stereocenters. The number of rotatable bonds is 3. The van der Waals surface area contributed by atoms with Crippen LogP contribution in [0.25, 0.3) is 0 Å². The molecular formula is C16H14N4O2. The van der Waals surface area contributed by atoms with Gasteiger partial charge in [-0.2, -0.15) is 5.10 Å². The second kappa shape index (κ2) is 5.40. The van der Waals surface area contributed by atoms with Crippen LogP contribution in [0, 0.1) is 0 Å².